The summed E-state index contributed by atoms with van der Waals surface area (Å²) in [6, 6.07) is 0.438. The maximum atomic E-state index is 12.3. The van der Waals surface area contributed by atoms with E-state index in [1.54, 1.807) is 0 Å². The van der Waals surface area contributed by atoms with Gasteiger partial charge in [-0.2, -0.15) is 0 Å². The van der Waals surface area contributed by atoms with Crippen LogP contribution in [0.25, 0.3) is 0 Å². The Labute approximate surface area is 167 Å². The van der Waals surface area contributed by atoms with Crippen molar-refractivity contribution in [3.05, 3.63) is 28.2 Å². The van der Waals surface area contributed by atoms with Crippen molar-refractivity contribution in [1.29, 1.82) is 0 Å². The Morgan fingerprint density at radius 1 is 1.19 bits per heavy atom. The maximum absolute atomic E-state index is 12.3. The molecule has 2 heterocycles. The van der Waals surface area contributed by atoms with E-state index >= 15 is 0 Å². The number of thiazole rings is 1. The van der Waals surface area contributed by atoms with Crippen LogP contribution in [-0.4, -0.2) is 28.9 Å². The number of hydrogen-bond donors (Lipinski definition) is 0. The fourth-order valence-electron chi connectivity index (χ4n) is 7.36. The highest BCUT2D eigenvalue weighted by Gasteiger charge is 2.56. The zero-order valence-corrected chi connectivity index (χ0v) is 17.7. The van der Waals surface area contributed by atoms with Gasteiger partial charge in [-0.1, -0.05) is 13.0 Å². The third kappa shape index (κ3) is 2.73. The Balaban J connectivity index is 1.45. The van der Waals surface area contributed by atoms with Gasteiger partial charge in [0.2, 0.25) is 5.91 Å². The molecule has 4 heteroatoms. The van der Waals surface area contributed by atoms with Crippen LogP contribution in [0, 0.1) is 36.0 Å². The van der Waals surface area contributed by atoms with Gasteiger partial charge < -0.3 is 4.90 Å². The molecule has 3 nitrogen and oxygen atoms in total. The van der Waals surface area contributed by atoms with E-state index in [9.17, 15) is 4.79 Å². The molecule has 1 aromatic rings. The SMILES string of the molecule is Cc1nc([C@H]2CC[C@H]3C4CC[C@@H]5C[C@@H](C=CC(=O)N5C)C4CC[C@]23C)cs1. The molecule has 2 unspecified atom stereocenters. The van der Waals surface area contributed by atoms with Crippen LogP contribution in [0.3, 0.4) is 0 Å². The van der Waals surface area contributed by atoms with Crippen molar-refractivity contribution in [2.45, 2.75) is 70.8 Å². The first kappa shape index (κ1) is 17.9. The molecule has 3 aliphatic carbocycles. The Hall–Kier alpha value is -1.16. The molecule has 0 saturated heterocycles. The van der Waals surface area contributed by atoms with Gasteiger partial charge in [0.25, 0.3) is 0 Å². The third-order valence-corrected chi connectivity index (χ3v) is 9.59. The number of carbonyl (C=O) groups excluding carboxylic acids is 1. The van der Waals surface area contributed by atoms with E-state index in [1.807, 2.05) is 29.4 Å². The van der Waals surface area contributed by atoms with Crippen LogP contribution in [0.15, 0.2) is 17.5 Å². The average molecular weight is 385 g/mol. The average Bonchev–Trinajstić information content (AvgIpc) is 3.12. The zero-order valence-electron chi connectivity index (χ0n) is 16.9. The van der Waals surface area contributed by atoms with Gasteiger partial charge in [0.15, 0.2) is 0 Å². The highest BCUT2D eigenvalue weighted by Crippen LogP contribution is 2.64. The second kappa shape index (κ2) is 6.43. The summed E-state index contributed by atoms with van der Waals surface area (Å²) >= 11 is 1.81. The topological polar surface area (TPSA) is 33.2 Å². The monoisotopic (exact) mass is 384 g/mol. The molecule has 0 N–H and O–H groups in total. The smallest absolute Gasteiger partial charge is 0.246 e. The minimum absolute atomic E-state index is 0.210. The molecule has 7 atom stereocenters. The fourth-order valence-corrected chi connectivity index (χ4v) is 8.02. The third-order valence-electron chi connectivity index (χ3n) is 8.80. The van der Waals surface area contributed by atoms with E-state index in [-0.39, 0.29) is 5.91 Å². The first-order valence-electron chi connectivity index (χ1n) is 10.8. The molecule has 3 fully saturated rings. The summed E-state index contributed by atoms with van der Waals surface area (Å²) in [7, 11) is 2.01. The van der Waals surface area contributed by atoms with Gasteiger partial charge in [0.1, 0.15) is 0 Å². The Kier molecular flexibility index (Phi) is 4.27. The molecule has 4 aliphatic rings. The van der Waals surface area contributed by atoms with E-state index in [0.29, 0.717) is 23.3 Å². The van der Waals surface area contributed by atoms with Gasteiger partial charge in [0.05, 0.1) is 10.7 Å². The van der Waals surface area contributed by atoms with Gasteiger partial charge in [-0.15, -0.1) is 11.3 Å². The van der Waals surface area contributed by atoms with Crippen LogP contribution in [-0.2, 0) is 4.79 Å². The summed E-state index contributed by atoms with van der Waals surface area (Å²) < 4.78 is 0. The summed E-state index contributed by atoms with van der Waals surface area (Å²) in [6.45, 7) is 4.72. The molecular formula is C23H32N2OS. The Morgan fingerprint density at radius 3 is 2.81 bits per heavy atom. The lowest BCUT2D eigenvalue weighted by molar-refractivity contribution is -0.126. The molecule has 3 saturated carbocycles. The second-order valence-corrected chi connectivity index (χ2v) is 10.9. The highest BCUT2D eigenvalue weighted by atomic mass is 32.1. The lowest BCUT2D eigenvalue weighted by Crippen LogP contribution is -2.42. The molecule has 0 spiro atoms. The quantitative estimate of drug-likeness (QED) is 0.669. The molecular weight excluding hydrogens is 352 g/mol. The van der Waals surface area contributed by atoms with Crippen molar-refractivity contribution in [3.63, 3.8) is 0 Å². The summed E-state index contributed by atoms with van der Waals surface area (Å²) in [6.07, 6.45) is 13.2. The van der Waals surface area contributed by atoms with Crippen molar-refractivity contribution in [2.75, 3.05) is 7.05 Å². The van der Waals surface area contributed by atoms with Crippen LogP contribution in [0.5, 0.6) is 0 Å². The van der Waals surface area contributed by atoms with Crippen molar-refractivity contribution >= 4 is 17.2 Å². The molecule has 27 heavy (non-hydrogen) atoms. The first-order chi connectivity index (χ1) is 13.0. The van der Waals surface area contributed by atoms with E-state index < -0.39 is 0 Å². The van der Waals surface area contributed by atoms with Crippen molar-refractivity contribution in [3.8, 4) is 0 Å². The van der Waals surface area contributed by atoms with E-state index in [4.69, 9.17) is 4.98 Å². The Morgan fingerprint density at radius 2 is 2.04 bits per heavy atom. The number of likely N-dealkylation sites (N-methyl/N-ethyl adjacent to an activating group) is 1. The molecule has 2 bridgehead atoms. The van der Waals surface area contributed by atoms with E-state index in [2.05, 4.69) is 25.3 Å². The first-order valence-corrected chi connectivity index (χ1v) is 11.7. The van der Waals surface area contributed by atoms with E-state index in [0.717, 1.165) is 17.8 Å². The normalized spacial score (nSPS) is 43.8. The molecule has 1 amide bonds. The predicted octanol–water partition coefficient (Wildman–Crippen LogP) is 5.17. The molecule has 0 aromatic carbocycles. The standard InChI is InChI=1S/C23H32N2OS/c1-14-24-21(13-27-14)20-8-7-19-18-6-5-16-12-15(4-9-22(26)25(16)3)17(18)10-11-23(19,20)2/h4,9,13,15-20H,5-8,10-12H2,1-3H3/t15-,16-,17?,18?,19+,20-,23+/m1/s1. The zero-order chi connectivity index (χ0) is 18.8. The highest BCUT2D eigenvalue weighted by molar-refractivity contribution is 7.09. The number of amides is 1. The summed E-state index contributed by atoms with van der Waals surface area (Å²) in [5.74, 6) is 3.90. The number of nitrogens with zero attached hydrogens (tertiary/aromatic N) is 2. The van der Waals surface area contributed by atoms with Gasteiger partial charge in [-0.25, -0.2) is 4.98 Å². The molecule has 1 aromatic heterocycles. The minimum Gasteiger partial charge on any atom is -0.339 e. The summed E-state index contributed by atoms with van der Waals surface area (Å²) in [5.41, 5.74) is 1.79. The molecule has 0 radical (unpaired) electrons. The Bertz CT molecular complexity index is 770. The number of allylic oxidation sites excluding steroid dienone is 1. The van der Waals surface area contributed by atoms with Crippen LogP contribution >= 0.6 is 11.3 Å². The molecule has 5 rings (SSSR count). The van der Waals surface area contributed by atoms with Crippen LogP contribution < -0.4 is 0 Å². The van der Waals surface area contributed by atoms with Gasteiger partial charge >= 0.3 is 0 Å². The lowest BCUT2D eigenvalue weighted by Gasteiger charge is -2.49. The molecule has 1 aliphatic heterocycles. The largest absolute Gasteiger partial charge is 0.339 e. The van der Waals surface area contributed by atoms with Crippen LogP contribution in [0.2, 0.25) is 0 Å². The van der Waals surface area contributed by atoms with Crippen molar-refractivity contribution in [1.82, 2.24) is 9.88 Å². The maximum Gasteiger partial charge on any atom is 0.246 e. The van der Waals surface area contributed by atoms with Gasteiger partial charge in [-0.05, 0) is 87.0 Å². The minimum atomic E-state index is 0.210. The van der Waals surface area contributed by atoms with Crippen LogP contribution in [0.4, 0.5) is 0 Å². The number of aryl methyl sites for hydroxylation is 1. The number of fused-ring (bicyclic) bond motifs is 6. The number of aromatic nitrogens is 1. The lowest BCUT2D eigenvalue weighted by atomic mass is 9.55. The number of hydrogen-bond acceptors (Lipinski definition) is 3. The number of rotatable bonds is 1. The summed E-state index contributed by atoms with van der Waals surface area (Å²) in [5, 5.41) is 3.54. The van der Waals surface area contributed by atoms with Gasteiger partial charge in [0, 0.05) is 24.4 Å². The van der Waals surface area contributed by atoms with Crippen LogP contribution in [0.1, 0.15) is 68.5 Å². The molecule has 146 valence electrons. The van der Waals surface area contributed by atoms with Gasteiger partial charge in [-0.3, -0.25) is 4.79 Å². The fraction of sp³-hybridized carbons (Fsp3) is 0.739. The summed E-state index contributed by atoms with van der Waals surface area (Å²) in [4.78, 5) is 19.2. The second-order valence-electron chi connectivity index (χ2n) is 9.84. The van der Waals surface area contributed by atoms with Crippen molar-refractivity contribution in [2.24, 2.45) is 29.1 Å². The number of carbonyl (C=O) groups is 1. The van der Waals surface area contributed by atoms with E-state index in [1.165, 1.54) is 55.6 Å². The predicted molar refractivity (Wildman–Crippen MR) is 110 cm³/mol. The van der Waals surface area contributed by atoms with Crippen molar-refractivity contribution < 1.29 is 4.79 Å².